The number of benzene rings is 1. The lowest BCUT2D eigenvalue weighted by Gasteiger charge is -2.05. The molecule has 2 aromatic heterocycles. The van der Waals surface area contributed by atoms with E-state index in [9.17, 15) is 0 Å². The van der Waals surface area contributed by atoms with E-state index < -0.39 is 0 Å². The highest BCUT2D eigenvalue weighted by Gasteiger charge is 2.13. The van der Waals surface area contributed by atoms with Crippen LogP contribution >= 0.6 is 0 Å². The average Bonchev–Trinajstić information content (AvgIpc) is 2.65. The van der Waals surface area contributed by atoms with Crippen LogP contribution in [0.5, 0.6) is 0 Å². The molecule has 0 atom stereocenters. The highest BCUT2D eigenvalue weighted by atomic mass is 15.1. The largest absolute Gasteiger partial charge is 0.383 e. The molecule has 3 heteroatoms. The number of nitrogens with zero attached hydrogens (tertiary/aromatic N) is 2. The van der Waals surface area contributed by atoms with Gasteiger partial charge in [-0.2, -0.15) is 0 Å². The van der Waals surface area contributed by atoms with Crippen molar-refractivity contribution in [3.63, 3.8) is 0 Å². The number of rotatable bonds is 1. The van der Waals surface area contributed by atoms with Crippen LogP contribution in [0.2, 0.25) is 0 Å². The van der Waals surface area contributed by atoms with E-state index in [1.807, 2.05) is 4.40 Å². The van der Waals surface area contributed by atoms with Gasteiger partial charge in [-0.1, -0.05) is 17.2 Å². The third-order valence-corrected chi connectivity index (χ3v) is 3.58. The van der Waals surface area contributed by atoms with Crippen LogP contribution in [0.4, 0.5) is 5.82 Å². The molecule has 3 nitrogen and oxygen atoms in total. The number of nitrogen functional groups attached to an aromatic ring is 1. The van der Waals surface area contributed by atoms with Gasteiger partial charge in [0.25, 0.3) is 0 Å². The standard InChI is InChI=1S/C17H19N3/c1-10-5-11(2)8-14(7-10)16-17(18)20-13(4)6-12(3)9-15(20)19-16/h5-9H,18H2,1-4H3. The zero-order valence-corrected chi connectivity index (χ0v) is 12.4. The summed E-state index contributed by atoms with van der Waals surface area (Å²) in [5, 5.41) is 0. The van der Waals surface area contributed by atoms with Crippen LogP contribution in [0.25, 0.3) is 16.9 Å². The van der Waals surface area contributed by atoms with Gasteiger partial charge in [-0.15, -0.1) is 0 Å². The van der Waals surface area contributed by atoms with E-state index in [0.717, 1.165) is 22.6 Å². The third kappa shape index (κ3) is 1.95. The lowest BCUT2D eigenvalue weighted by Crippen LogP contribution is -1.98. The second-order valence-corrected chi connectivity index (χ2v) is 5.59. The normalized spacial score (nSPS) is 11.2. The van der Waals surface area contributed by atoms with Crippen molar-refractivity contribution in [3.05, 3.63) is 52.7 Å². The number of imidazole rings is 1. The molecule has 0 aliphatic carbocycles. The Morgan fingerprint density at radius 3 is 2.10 bits per heavy atom. The smallest absolute Gasteiger partial charge is 0.139 e. The van der Waals surface area contributed by atoms with Crippen LogP contribution in [-0.2, 0) is 0 Å². The van der Waals surface area contributed by atoms with E-state index in [1.54, 1.807) is 0 Å². The van der Waals surface area contributed by atoms with Gasteiger partial charge in [0.05, 0.1) is 0 Å². The Bertz CT molecular complexity index is 792. The quantitative estimate of drug-likeness (QED) is 0.727. The molecule has 20 heavy (non-hydrogen) atoms. The Morgan fingerprint density at radius 1 is 0.850 bits per heavy atom. The van der Waals surface area contributed by atoms with Gasteiger partial charge < -0.3 is 5.73 Å². The second-order valence-electron chi connectivity index (χ2n) is 5.59. The lowest BCUT2D eigenvalue weighted by atomic mass is 10.1. The fourth-order valence-electron chi connectivity index (χ4n) is 2.88. The molecule has 0 unspecified atom stereocenters. The molecule has 0 amide bonds. The summed E-state index contributed by atoms with van der Waals surface area (Å²) >= 11 is 0. The van der Waals surface area contributed by atoms with Crippen molar-refractivity contribution in [1.29, 1.82) is 0 Å². The van der Waals surface area contributed by atoms with Crippen molar-refractivity contribution in [1.82, 2.24) is 9.38 Å². The van der Waals surface area contributed by atoms with Crippen molar-refractivity contribution in [2.24, 2.45) is 0 Å². The summed E-state index contributed by atoms with van der Waals surface area (Å²) in [5.41, 5.74) is 13.9. The molecule has 0 spiro atoms. The SMILES string of the molecule is Cc1cc(C)cc(-c2nc3cc(C)cc(C)n3c2N)c1. The van der Waals surface area contributed by atoms with E-state index >= 15 is 0 Å². The van der Waals surface area contributed by atoms with Crippen LogP contribution in [-0.4, -0.2) is 9.38 Å². The van der Waals surface area contributed by atoms with Crippen LogP contribution in [0.1, 0.15) is 22.4 Å². The van der Waals surface area contributed by atoms with Crippen molar-refractivity contribution in [3.8, 4) is 11.3 Å². The van der Waals surface area contributed by atoms with Crippen molar-refractivity contribution in [2.45, 2.75) is 27.7 Å². The van der Waals surface area contributed by atoms with Gasteiger partial charge >= 0.3 is 0 Å². The Morgan fingerprint density at radius 2 is 1.45 bits per heavy atom. The molecule has 1 aromatic carbocycles. The minimum absolute atomic E-state index is 0.711. The van der Waals surface area contributed by atoms with Gasteiger partial charge in [0.2, 0.25) is 0 Å². The summed E-state index contributed by atoms with van der Waals surface area (Å²) in [6, 6.07) is 10.6. The highest BCUT2D eigenvalue weighted by Crippen LogP contribution is 2.29. The van der Waals surface area contributed by atoms with E-state index in [4.69, 9.17) is 10.7 Å². The third-order valence-electron chi connectivity index (χ3n) is 3.58. The minimum atomic E-state index is 0.711. The zero-order valence-electron chi connectivity index (χ0n) is 12.4. The molecule has 2 heterocycles. The predicted octanol–water partition coefficient (Wildman–Crippen LogP) is 3.82. The molecule has 0 saturated heterocycles. The number of aryl methyl sites for hydroxylation is 4. The highest BCUT2D eigenvalue weighted by molar-refractivity contribution is 5.76. The van der Waals surface area contributed by atoms with Gasteiger partial charge in [-0.05, 0) is 57.5 Å². The van der Waals surface area contributed by atoms with Gasteiger partial charge in [0.1, 0.15) is 17.2 Å². The van der Waals surface area contributed by atoms with E-state index in [0.29, 0.717) is 5.82 Å². The average molecular weight is 265 g/mol. The van der Waals surface area contributed by atoms with Crippen molar-refractivity contribution in [2.75, 3.05) is 5.73 Å². The molecule has 102 valence electrons. The molecule has 0 bridgehead atoms. The number of fused-ring (bicyclic) bond motifs is 1. The lowest BCUT2D eigenvalue weighted by molar-refractivity contribution is 1.09. The molecule has 0 fully saturated rings. The first-order valence-electron chi connectivity index (χ1n) is 6.79. The van der Waals surface area contributed by atoms with Crippen LogP contribution in [0.3, 0.4) is 0 Å². The van der Waals surface area contributed by atoms with Gasteiger partial charge in [0, 0.05) is 11.3 Å². The summed E-state index contributed by atoms with van der Waals surface area (Å²) in [7, 11) is 0. The summed E-state index contributed by atoms with van der Waals surface area (Å²) in [6.45, 7) is 8.33. The van der Waals surface area contributed by atoms with Crippen LogP contribution in [0.15, 0.2) is 30.3 Å². The Labute approximate surface area is 119 Å². The summed E-state index contributed by atoms with van der Waals surface area (Å²) in [6.07, 6.45) is 0. The first-order valence-corrected chi connectivity index (χ1v) is 6.79. The van der Waals surface area contributed by atoms with Crippen LogP contribution < -0.4 is 5.73 Å². The number of hydrogen-bond acceptors (Lipinski definition) is 2. The molecule has 3 rings (SSSR count). The second kappa shape index (κ2) is 4.37. The molecular weight excluding hydrogens is 246 g/mol. The fourth-order valence-corrected chi connectivity index (χ4v) is 2.88. The molecule has 2 N–H and O–H groups in total. The zero-order chi connectivity index (χ0) is 14.4. The number of hydrogen-bond donors (Lipinski definition) is 1. The first-order chi connectivity index (χ1) is 9.45. The van der Waals surface area contributed by atoms with Crippen molar-refractivity contribution >= 4 is 11.5 Å². The first kappa shape index (κ1) is 12.7. The predicted molar refractivity (Wildman–Crippen MR) is 84.0 cm³/mol. The Kier molecular flexibility index (Phi) is 2.78. The molecule has 3 aromatic rings. The molecule has 0 aliphatic heterocycles. The summed E-state index contributed by atoms with van der Waals surface area (Å²) in [5.74, 6) is 0.711. The number of aromatic nitrogens is 2. The Balaban J connectivity index is 2.32. The maximum Gasteiger partial charge on any atom is 0.139 e. The maximum absolute atomic E-state index is 6.32. The summed E-state index contributed by atoms with van der Waals surface area (Å²) < 4.78 is 2.01. The number of nitrogens with two attached hydrogens (primary N) is 1. The molecular formula is C17H19N3. The molecule has 0 aliphatic rings. The van der Waals surface area contributed by atoms with Gasteiger partial charge in [-0.3, -0.25) is 4.40 Å². The topological polar surface area (TPSA) is 43.3 Å². The van der Waals surface area contributed by atoms with Gasteiger partial charge in [-0.25, -0.2) is 4.98 Å². The fraction of sp³-hybridized carbons (Fsp3) is 0.235. The van der Waals surface area contributed by atoms with E-state index in [1.165, 1.54) is 16.7 Å². The number of pyridine rings is 1. The maximum atomic E-state index is 6.32. The summed E-state index contributed by atoms with van der Waals surface area (Å²) in [4.78, 5) is 4.72. The van der Waals surface area contributed by atoms with Crippen molar-refractivity contribution < 1.29 is 0 Å². The minimum Gasteiger partial charge on any atom is -0.383 e. The molecule has 0 saturated carbocycles. The Hall–Kier alpha value is -2.29. The van der Waals surface area contributed by atoms with Gasteiger partial charge in [0.15, 0.2) is 0 Å². The monoisotopic (exact) mass is 265 g/mol. The number of anilines is 1. The van der Waals surface area contributed by atoms with Crippen LogP contribution in [0, 0.1) is 27.7 Å². The molecule has 0 radical (unpaired) electrons. The van der Waals surface area contributed by atoms with E-state index in [2.05, 4.69) is 58.0 Å². The van der Waals surface area contributed by atoms with E-state index in [-0.39, 0.29) is 0 Å².